The molecule has 16 heavy (non-hydrogen) atoms. The molecule has 0 saturated carbocycles. The van der Waals surface area contributed by atoms with E-state index in [4.69, 9.17) is 4.74 Å². The van der Waals surface area contributed by atoms with Crippen molar-refractivity contribution in [2.75, 3.05) is 12.5 Å². The van der Waals surface area contributed by atoms with E-state index in [1.165, 1.54) is 0 Å². The van der Waals surface area contributed by atoms with Crippen molar-refractivity contribution >= 4 is 21.6 Å². The normalized spacial score (nSPS) is 9.19. The maximum atomic E-state index is 5.16. The number of hydrogen-bond donors (Lipinski definition) is 0. The molecule has 0 aliphatic rings. The third-order valence-electron chi connectivity index (χ3n) is 0.974. The van der Waals surface area contributed by atoms with Crippen LogP contribution in [0.3, 0.4) is 0 Å². The molecular weight excluding hydrogens is 236 g/mol. The van der Waals surface area contributed by atoms with Gasteiger partial charge in [-0.25, -0.2) is 0 Å². The maximum absolute atomic E-state index is 5.16. The Bertz CT molecular complexity index is 165. The van der Waals surface area contributed by atoms with E-state index in [-0.39, 0.29) is 0 Å². The molecule has 0 radical (unpaired) electrons. The lowest BCUT2D eigenvalue weighted by Gasteiger charge is -2.00. The Balaban J connectivity index is -0.000000376. The quantitative estimate of drug-likeness (QED) is 0.253. The average molecular weight is 262 g/mol. The molecule has 0 aliphatic heterocycles. The van der Waals surface area contributed by atoms with Gasteiger partial charge in [-0.3, -0.25) is 0 Å². The first-order valence-corrected chi connectivity index (χ1v) is 7.99. The minimum absolute atomic E-state index is 0.712. The van der Waals surface area contributed by atoms with Gasteiger partial charge in [0.15, 0.2) is 0 Å². The van der Waals surface area contributed by atoms with Gasteiger partial charge in [0, 0.05) is 11.5 Å². The van der Waals surface area contributed by atoms with Crippen molar-refractivity contribution in [2.24, 2.45) is 0 Å². The van der Waals surface area contributed by atoms with Crippen LogP contribution in [0.15, 0.2) is 36.3 Å². The Morgan fingerprint density at radius 2 is 1.75 bits per heavy atom. The lowest BCUT2D eigenvalue weighted by atomic mass is 10.5. The lowest BCUT2D eigenvalue weighted by molar-refractivity contribution is 0.200. The zero-order valence-electron chi connectivity index (χ0n) is 11.3. The van der Waals surface area contributed by atoms with Crippen molar-refractivity contribution in [3.63, 3.8) is 0 Å². The summed E-state index contributed by atoms with van der Waals surface area (Å²) >= 11 is 0. The average Bonchev–Trinajstić information content (AvgIpc) is 2.38. The molecule has 0 saturated heterocycles. The first-order valence-electron chi connectivity index (χ1n) is 5.67. The molecule has 0 atom stereocenters. The number of ether oxygens (including phenoxy) is 1. The predicted molar refractivity (Wildman–Crippen MR) is 82.8 cm³/mol. The van der Waals surface area contributed by atoms with Crippen molar-refractivity contribution in [2.45, 2.75) is 34.6 Å². The van der Waals surface area contributed by atoms with Crippen LogP contribution in [0.5, 0.6) is 0 Å². The van der Waals surface area contributed by atoms with Gasteiger partial charge in [-0.15, -0.1) is 0 Å². The van der Waals surface area contributed by atoms with E-state index in [0.717, 1.165) is 11.5 Å². The Morgan fingerprint density at radius 1 is 1.19 bits per heavy atom. The maximum Gasteiger partial charge on any atom is 0.102 e. The van der Waals surface area contributed by atoms with E-state index < -0.39 is 0 Å². The van der Waals surface area contributed by atoms with Gasteiger partial charge in [-0.1, -0.05) is 74.6 Å². The fourth-order valence-corrected chi connectivity index (χ4v) is 2.22. The molecule has 0 fully saturated rings. The third kappa shape index (κ3) is 19.5. The Morgan fingerprint density at radius 3 is 2.12 bits per heavy atom. The van der Waals surface area contributed by atoms with Crippen LogP contribution in [0.1, 0.15) is 34.6 Å². The molecule has 0 aromatic carbocycles. The zero-order chi connectivity index (χ0) is 13.2. The third-order valence-corrected chi connectivity index (χ3v) is 3.07. The first-order chi connectivity index (χ1) is 7.85. The molecule has 0 aromatic rings. The number of rotatable bonds is 7. The molecule has 96 valence electrons. The van der Waals surface area contributed by atoms with Gasteiger partial charge in [-0.05, 0) is 13.0 Å². The van der Waals surface area contributed by atoms with Crippen molar-refractivity contribution < 1.29 is 4.74 Å². The minimum Gasteiger partial charge on any atom is -0.370 e. The Kier molecular flexibility index (Phi) is 32.1. The van der Waals surface area contributed by atoms with E-state index in [2.05, 4.69) is 13.2 Å². The highest BCUT2D eigenvalue weighted by Crippen LogP contribution is 2.30. The highest BCUT2D eigenvalue weighted by Gasteiger charge is 1.91. The van der Waals surface area contributed by atoms with Gasteiger partial charge in [0.2, 0.25) is 0 Å². The van der Waals surface area contributed by atoms with Gasteiger partial charge in [0.25, 0.3) is 0 Å². The summed E-state index contributed by atoms with van der Waals surface area (Å²) in [6.07, 6.45) is 5.49. The van der Waals surface area contributed by atoms with E-state index in [9.17, 15) is 0 Å². The molecule has 0 rings (SSSR count). The van der Waals surface area contributed by atoms with Crippen LogP contribution in [-0.2, 0) is 4.74 Å². The molecule has 0 spiro atoms. The largest absolute Gasteiger partial charge is 0.370 e. The Labute approximate surface area is 110 Å². The number of allylic oxidation sites excluding steroid dienone is 3. The summed E-state index contributed by atoms with van der Waals surface area (Å²) in [5.74, 6) is 0.712. The van der Waals surface area contributed by atoms with Gasteiger partial charge < -0.3 is 4.74 Å². The summed E-state index contributed by atoms with van der Waals surface area (Å²) in [6.45, 7) is 18.1. The summed E-state index contributed by atoms with van der Waals surface area (Å²) in [5, 5.41) is 0. The summed E-state index contributed by atoms with van der Waals surface area (Å²) in [5.41, 5.74) is 0. The van der Waals surface area contributed by atoms with Crippen LogP contribution in [0, 0.1) is 0 Å². The van der Waals surface area contributed by atoms with Gasteiger partial charge >= 0.3 is 0 Å². The number of hydrogen-bond acceptors (Lipinski definition) is 3. The fourth-order valence-electron chi connectivity index (χ4n) is 0.455. The van der Waals surface area contributed by atoms with Crippen LogP contribution in [0.2, 0.25) is 0 Å². The summed E-state index contributed by atoms with van der Waals surface area (Å²) in [6, 6.07) is 0. The molecule has 0 N–H and O–H groups in total. The van der Waals surface area contributed by atoms with Crippen LogP contribution >= 0.6 is 21.6 Å². The van der Waals surface area contributed by atoms with Crippen molar-refractivity contribution in [3.05, 3.63) is 36.3 Å². The molecule has 0 amide bonds. The zero-order valence-corrected chi connectivity index (χ0v) is 12.9. The molecule has 3 heteroatoms. The van der Waals surface area contributed by atoms with E-state index in [0.29, 0.717) is 5.94 Å². The van der Waals surface area contributed by atoms with Crippen LogP contribution in [0.25, 0.3) is 0 Å². The van der Waals surface area contributed by atoms with Crippen molar-refractivity contribution in [1.29, 1.82) is 0 Å². The highest BCUT2D eigenvalue weighted by molar-refractivity contribution is 8.78. The van der Waals surface area contributed by atoms with Crippen LogP contribution < -0.4 is 0 Å². The molecule has 0 aliphatic carbocycles. The first kappa shape index (κ1) is 21.2. The van der Waals surface area contributed by atoms with E-state index in [1.807, 2.05) is 46.8 Å². The van der Waals surface area contributed by atoms with Crippen molar-refractivity contribution in [1.82, 2.24) is 0 Å². The van der Waals surface area contributed by atoms with Crippen molar-refractivity contribution in [3.8, 4) is 0 Å². The molecule has 0 unspecified atom stereocenters. The van der Waals surface area contributed by atoms with Gasteiger partial charge in [0.05, 0.1) is 0 Å². The van der Waals surface area contributed by atoms with Gasteiger partial charge in [-0.2, -0.15) is 0 Å². The molecule has 1 nitrogen and oxygen atoms in total. The molecular formula is C13H26OS2. The molecule has 0 bridgehead atoms. The highest BCUT2D eigenvalue weighted by atomic mass is 33.1. The monoisotopic (exact) mass is 262 g/mol. The predicted octanol–water partition coefficient (Wildman–Crippen LogP) is 5.67. The standard InChI is InChI=1S/C9H14OS2.2C2H6/c1-4-7-9(5-2)12-11-8-10-6-3;2*1-2/h4-5,7H,1-2,6,8H2,3H3;2*1-2H3/b9-7+;;. The topological polar surface area (TPSA) is 9.23 Å². The van der Waals surface area contributed by atoms with E-state index in [1.54, 1.807) is 27.7 Å². The lowest BCUT2D eigenvalue weighted by Crippen LogP contribution is -1.85. The second kappa shape index (κ2) is 24.2. The summed E-state index contributed by atoms with van der Waals surface area (Å²) in [7, 11) is 3.31. The molecule has 0 heterocycles. The second-order valence-corrected chi connectivity index (χ2v) is 4.14. The van der Waals surface area contributed by atoms with Crippen LogP contribution in [0.4, 0.5) is 0 Å². The smallest absolute Gasteiger partial charge is 0.102 e. The second-order valence-electron chi connectivity index (χ2n) is 1.82. The van der Waals surface area contributed by atoms with Gasteiger partial charge in [0.1, 0.15) is 5.94 Å². The molecule has 0 aromatic heterocycles. The SMILES string of the molecule is C=C/C=C(\C=C)SSCOCC.CC.CC. The Hall–Kier alpha value is -0.120. The van der Waals surface area contributed by atoms with E-state index >= 15 is 0 Å². The fraction of sp³-hybridized carbons (Fsp3) is 0.538. The minimum atomic E-state index is 0.712. The summed E-state index contributed by atoms with van der Waals surface area (Å²) in [4.78, 5) is 1.11. The van der Waals surface area contributed by atoms with Crippen LogP contribution in [-0.4, -0.2) is 12.5 Å². The summed E-state index contributed by atoms with van der Waals surface area (Å²) < 4.78 is 5.16.